The van der Waals surface area contributed by atoms with E-state index in [0.717, 1.165) is 40.4 Å². The number of alkyl halides is 3. The van der Waals surface area contributed by atoms with Gasteiger partial charge in [0.05, 0.1) is 28.3 Å². The van der Waals surface area contributed by atoms with Gasteiger partial charge in [0.2, 0.25) is 26.0 Å². The van der Waals surface area contributed by atoms with Crippen molar-refractivity contribution in [3.05, 3.63) is 64.4 Å². The number of hydrogen-bond donors (Lipinski definition) is 0. The van der Waals surface area contributed by atoms with Crippen molar-refractivity contribution in [1.82, 2.24) is 18.4 Å². The van der Waals surface area contributed by atoms with E-state index in [2.05, 4.69) is 4.74 Å². The Bertz CT molecular complexity index is 1600. The molecule has 0 spiro atoms. The number of amides is 1. The lowest BCUT2D eigenvalue weighted by Gasteiger charge is -2.52. The molecule has 10 nitrogen and oxygen atoms in total. The van der Waals surface area contributed by atoms with Crippen LogP contribution in [0, 0.1) is 5.82 Å². The van der Waals surface area contributed by atoms with Crippen molar-refractivity contribution < 1.29 is 43.9 Å². The minimum atomic E-state index is -5.11. The number of piperazine rings is 2. The van der Waals surface area contributed by atoms with Gasteiger partial charge in [-0.2, -0.15) is 4.31 Å². The Kier molecular flexibility index (Phi) is 9.50. The SMILES string of the molecule is CN(C)S(=O)(=O)c1cc(Cl)c(OC(F)(F)F)cc1C=CC(=O)N1C2CN(Cc3ccc(F)cc3)CC1CN(S(C)(=O)=O)C2. The van der Waals surface area contributed by atoms with Crippen LogP contribution in [0.15, 0.2) is 47.4 Å². The zero-order valence-electron chi connectivity index (χ0n) is 23.3. The molecule has 17 heteroatoms. The van der Waals surface area contributed by atoms with Gasteiger partial charge in [-0.15, -0.1) is 13.2 Å². The summed E-state index contributed by atoms with van der Waals surface area (Å²) >= 11 is 5.91. The highest BCUT2D eigenvalue weighted by Gasteiger charge is 2.44. The van der Waals surface area contributed by atoms with Crippen molar-refractivity contribution in [3.63, 3.8) is 0 Å². The van der Waals surface area contributed by atoms with Gasteiger partial charge in [0.25, 0.3) is 0 Å². The first-order valence-corrected chi connectivity index (χ1v) is 16.5. The Labute approximate surface area is 252 Å². The van der Waals surface area contributed by atoms with Gasteiger partial charge in [-0.1, -0.05) is 23.7 Å². The highest BCUT2D eigenvalue weighted by atomic mass is 35.5. The van der Waals surface area contributed by atoms with Crippen molar-refractivity contribution in [2.45, 2.75) is 29.9 Å². The molecule has 2 aromatic carbocycles. The molecule has 2 aromatic rings. The molecule has 1 amide bonds. The summed E-state index contributed by atoms with van der Waals surface area (Å²) in [6, 6.07) is 6.33. The lowest BCUT2D eigenvalue weighted by Crippen LogP contribution is -2.69. The molecule has 2 bridgehead atoms. The largest absolute Gasteiger partial charge is 0.573 e. The third-order valence-electron chi connectivity index (χ3n) is 7.05. The van der Waals surface area contributed by atoms with Crippen molar-refractivity contribution in [2.75, 3.05) is 46.5 Å². The lowest BCUT2D eigenvalue weighted by molar-refractivity contribution is -0.274. The molecule has 0 aromatic heterocycles. The van der Waals surface area contributed by atoms with Gasteiger partial charge in [0, 0.05) is 52.9 Å². The number of halogens is 5. The molecule has 0 radical (unpaired) electrons. The smallest absolute Gasteiger partial charge is 0.404 e. The Morgan fingerprint density at radius 2 is 1.63 bits per heavy atom. The van der Waals surface area contributed by atoms with Crippen LogP contribution in [0.25, 0.3) is 6.08 Å². The zero-order chi connectivity index (χ0) is 31.9. The molecule has 4 rings (SSSR count). The van der Waals surface area contributed by atoms with E-state index >= 15 is 0 Å². The zero-order valence-corrected chi connectivity index (χ0v) is 25.6. The van der Waals surface area contributed by atoms with Gasteiger partial charge < -0.3 is 9.64 Å². The van der Waals surface area contributed by atoms with Gasteiger partial charge in [0.1, 0.15) is 11.6 Å². The molecule has 43 heavy (non-hydrogen) atoms. The van der Waals surface area contributed by atoms with E-state index in [1.807, 2.05) is 4.90 Å². The highest BCUT2D eigenvalue weighted by Crippen LogP contribution is 2.36. The number of carbonyl (C=O) groups is 1. The van der Waals surface area contributed by atoms with E-state index in [4.69, 9.17) is 11.6 Å². The summed E-state index contributed by atoms with van der Waals surface area (Å²) in [6.45, 7) is 0.996. The van der Waals surface area contributed by atoms with Crippen molar-refractivity contribution in [3.8, 4) is 5.75 Å². The minimum absolute atomic E-state index is 0.000391. The summed E-state index contributed by atoms with van der Waals surface area (Å²) in [5.41, 5.74) is 0.553. The molecule has 2 heterocycles. The number of rotatable bonds is 8. The standard InChI is InChI=1S/C26H29ClF4N4O6S2/c1-32(2)43(39,40)24-11-22(27)23(41-26(29,30)31)10-18(24)6-9-25(36)35-20-13-33(12-17-4-7-19(28)8-5-17)14-21(35)16-34(15-20)42(3,37)38/h4-11,20-21H,12-16H2,1-3H3. The van der Waals surface area contributed by atoms with Gasteiger partial charge in [-0.05, 0) is 41.5 Å². The fourth-order valence-corrected chi connectivity index (χ4v) is 7.38. The number of ether oxygens (including phenoxy) is 1. The second kappa shape index (κ2) is 12.3. The second-order valence-electron chi connectivity index (χ2n) is 10.4. The molecule has 2 fully saturated rings. The third-order valence-corrected chi connectivity index (χ3v) is 10.5. The van der Waals surface area contributed by atoms with E-state index in [-0.39, 0.29) is 37.6 Å². The average Bonchev–Trinajstić information content (AvgIpc) is 2.87. The molecule has 2 unspecified atom stereocenters. The number of benzene rings is 2. The first-order chi connectivity index (χ1) is 19.8. The molecule has 236 valence electrons. The topological polar surface area (TPSA) is 108 Å². The fraction of sp³-hybridized carbons (Fsp3) is 0.423. The normalized spacial score (nSPS) is 20.6. The van der Waals surface area contributed by atoms with Crippen LogP contribution in [-0.2, 0) is 31.4 Å². The van der Waals surface area contributed by atoms with Gasteiger partial charge in [-0.3, -0.25) is 9.69 Å². The maximum Gasteiger partial charge on any atom is 0.573 e. The van der Waals surface area contributed by atoms with Crippen LogP contribution in [0.3, 0.4) is 0 Å². The number of fused-ring (bicyclic) bond motifs is 2. The van der Waals surface area contributed by atoms with Gasteiger partial charge in [-0.25, -0.2) is 25.5 Å². The van der Waals surface area contributed by atoms with Crippen LogP contribution in [-0.4, -0.2) is 106 Å². The van der Waals surface area contributed by atoms with Gasteiger partial charge >= 0.3 is 6.36 Å². The molecule has 2 atom stereocenters. The predicted molar refractivity (Wildman–Crippen MR) is 151 cm³/mol. The predicted octanol–water partition coefficient (Wildman–Crippen LogP) is 3.00. The summed E-state index contributed by atoms with van der Waals surface area (Å²) in [7, 11) is -5.34. The van der Waals surface area contributed by atoms with E-state index < -0.39 is 60.1 Å². The van der Waals surface area contributed by atoms with Crippen LogP contribution in [0.4, 0.5) is 17.6 Å². The molecule has 2 aliphatic heterocycles. The van der Waals surface area contributed by atoms with E-state index in [9.17, 15) is 39.2 Å². The van der Waals surface area contributed by atoms with E-state index in [1.54, 1.807) is 12.1 Å². The molecule has 0 saturated carbocycles. The maximum absolute atomic E-state index is 13.5. The van der Waals surface area contributed by atoms with Crippen LogP contribution in [0.5, 0.6) is 5.75 Å². The molecule has 2 aliphatic rings. The number of hydrogen-bond acceptors (Lipinski definition) is 7. The Balaban J connectivity index is 1.65. The van der Waals surface area contributed by atoms with Crippen LogP contribution in [0.2, 0.25) is 5.02 Å². The third kappa shape index (κ3) is 7.85. The monoisotopic (exact) mass is 668 g/mol. The van der Waals surface area contributed by atoms with Gasteiger partial charge in [0.15, 0.2) is 0 Å². The van der Waals surface area contributed by atoms with Crippen molar-refractivity contribution in [2.24, 2.45) is 0 Å². The first-order valence-electron chi connectivity index (χ1n) is 12.8. The number of nitrogens with zero attached hydrogens (tertiary/aromatic N) is 4. The fourth-order valence-electron chi connectivity index (χ4n) is 5.14. The summed E-state index contributed by atoms with van der Waals surface area (Å²) in [5, 5.41) is -0.603. The van der Waals surface area contributed by atoms with E-state index in [0.29, 0.717) is 6.54 Å². The highest BCUT2D eigenvalue weighted by molar-refractivity contribution is 7.89. The summed E-state index contributed by atoms with van der Waals surface area (Å²) < 4.78 is 109. The average molecular weight is 669 g/mol. The summed E-state index contributed by atoms with van der Waals surface area (Å²) in [4.78, 5) is 16.6. The quantitative estimate of drug-likeness (QED) is 0.315. The molecular weight excluding hydrogens is 640 g/mol. The van der Waals surface area contributed by atoms with E-state index in [1.165, 1.54) is 35.4 Å². The summed E-state index contributed by atoms with van der Waals surface area (Å²) in [6.07, 6.45) is -1.95. The maximum atomic E-state index is 13.5. The second-order valence-corrected chi connectivity index (χ2v) is 15.0. The molecule has 0 aliphatic carbocycles. The van der Waals surface area contributed by atoms with Crippen LogP contribution >= 0.6 is 11.6 Å². The number of sulfonamides is 2. The molecule has 2 saturated heterocycles. The summed E-state index contributed by atoms with van der Waals surface area (Å²) in [5.74, 6) is -1.83. The van der Waals surface area contributed by atoms with Crippen molar-refractivity contribution in [1.29, 1.82) is 0 Å². The molecular formula is C26H29ClF4N4O6S2. The number of carbonyl (C=O) groups excluding carboxylic acids is 1. The van der Waals surface area contributed by atoms with Crippen molar-refractivity contribution >= 4 is 43.6 Å². The van der Waals surface area contributed by atoms with Crippen LogP contribution in [0.1, 0.15) is 11.1 Å². The van der Waals surface area contributed by atoms with Crippen LogP contribution < -0.4 is 4.74 Å². The first kappa shape index (κ1) is 33.1. The lowest BCUT2D eigenvalue weighted by atomic mass is 10.0. The molecule has 0 N–H and O–H groups in total. The Hall–Kier alpha value is -2.76. The Morgan fingerprint density at radius 1 is 1.05 bits per heavy atom. The minimum Gasteiger partial charge on any atom is -0.404 e. The Morgan fingerprint density at radius 3 is 2.14 bits per heavy atom.